The summed E-state index contributed by atoms with van der Waals surface area (Å²) in [6.07, 6.45) is 3.10. The van der Waals surface area contributed by atoms with E-state index in [0.29, 0.717) is 48.4 Å². The number of fused-ring (bicyclic) bond motifs is 1. The molecule has 160 valence electrons. The lowest BCUT2D eigenvalue weighted by atomic mass is 10.1. The Bertz CT molecular complexity index is 1230. The molecular weight excluding hydrogens is 443 g/mol. The molecule has 3 aromatic rings. The molecule has 0 radical (unpaired) electrons. The maximum absolute atomic E-state index is 14.2. The van der Waals surface area contributed by atoms with Crippen molar-refractivity contribution in [3.8, 4) is 5.75 Å². The lowest BCUT2D eigenvalue weighted by molar-refractivity contribution is 0.292. The van der Waals surface area contributed by atoms with Gasteiger partial charge < -0.3 is 14.5 Å². The van der Waals surface area contributed by atoms with Crippen molar-refractivity contribution in [3.63, 3.8) is 0 Å². The van der Waals surface area contributed by atoms with E-state index in [4.69, 9.17) is 16.3 Å². The Morgan fingerprint density at radius 3 is 2.39 bits per heavy atom. The number of hydrogen-bond acceptors (Lipinski definition) is 7. The van der Waals surface area contributed by atoms with Crippen LogP contribution in [0.2, 0.25) is 5.02 Å². The number of benzene rings is 2. The first-order chi connectivity index (χ1) is 14.9. The van der Waals surface area contributed by atoms with Gasteiger partial charge in [0.2, 0.25) is 21.2 Å². The molecule has 31 heavy (non-hydrogen) atoms. The fourth-order valence-corrected chi connectivity index (χ4v) is 5.67. The average molecular weight is 461 g/mol. The van der Waals surface area contributed by atoms with Crippen molar-refractivity contribution in [1.82, 2.24) is 9.97 Å². The number of hydrogen-bond donors (Lipinski definition) is 0. The SMILES string of the molecule is O=S1(=O)c2ccccc2OC1c1cc(F)ccc1N1CCN(c2ncc(Cl)cn2)CC1. The van der Waals surface area contributed by atoms with E-state index in [2.05, 4.69) is 9.97 Å². The molecule has 1 saturated heterocycles. The van der Waals surface area contributed by atoms with Crippen LogP contribution in [0.25, 0.3) is 0 Å². The number of nitrogens with zero attached hydrogens (tertiary/aromatic N) is 4. The topological polar surface area (TPSA) is 75.6 Å². The lowest BCUT2D eigenvalue weighted by Crippen LogP contribution is -2.47. The molecule has 3 heterocycles. The summed E-state index contributed by atoms with van der Waals surface area (Å²) in [7, 11) is -3.79. The highest BCUT2D eigenvalue weighted by Crippen LogP contribution is 2.45. The number of sulfone groups is 1. The fourth-order valence-electron chi connectivity index (χ4n) is 3.93. The Morgan fingerprint density at radius 1 is 1.00 bits per heavy atom. The van der Waals surface area contributed by atoms with Gasteiger partial charge in [-0.15, -0.1) is 0 Å². The van der Waals surface area contributed by atoms with Crippen LogP contribution >= 0.6 is 11.6 Å². The van der Waals surface area contributed by atoms with Crippen molar-refractivity contribution in [1.29, 1.82) is 0 Å². The Hall–Kier alpha value is -2.91. The van der Waals surface area contributed by atoms with Crippen LogP contribution in [0.3, 0.4) is 0 Å². The number of para-hydroxylation sites is 1. The van der Waals surface area contributed by atoms with Crippen molar-refractivity contribution < 1.29 is 17.5 Å². The maximum Gasteiger partial charge on any atom is 0.230 e. The summed E-state index contributed by atoms with van der Waals surface area (Å²) in [5.41, 5.74) is -0.347. The molecule has 1 fully saturated rings. The van der Waals surface area contributed by atoms with Gasteiger partial charge in [-0.2, -0.15) is 0 Å². The second-order valence-corrected chi connectivity index (χ2v) is 9.71. The van der Waals surface area contributed by atoms with Crippen molar-refractivity contribution in [2.75, 3.05) is 36.0 Å². The molecule has 1 atom stereocenters. The monoisotopic (exact) mass is 460 g/mol. The summed E-state index contributed by atoms with van der Waals surface area (Å²) in [6.45, 7) is 2.42. The summed E-state index contributed by atoms with van der Waals surface area (Å²) < 4.78 is 46.1. The number of anilines is 2. The fraction of sp³-hybridized carbons (Fsp3) is 0.238. The van der Waals surface area contributed by atoms with Crippen molar-refractivity contribution in [2.45, 2.75) is 10.3 Å². The van der Waals surface area contributed by atoms with Crippen molar-refractivity contribution in [2.24, 2.45) is 0 Å². The third kappa shape index (κ3) is 3.57. The van der Waals surface area contributed by atoms with E-state index in [1.165, 1.54) is 18.2 Å². The smallest absolute Gasteiger partial charge is 0.230 e. The minimum atomic E-state index is -3.79. The van der Waals surface area contributed by atoms with Crippen LogP contribution in [0.1, 0.15) is 11.0 Å². The molecule has 1 unspecified atom stereocenters. The van der Waals surface area contributed by atoms with Gasteiger partial charge in [-0.05, 0) is 30.3 Å². The van der Waals surface area contributed by atoms with Crippen LogP contribution in [-0.2, 0) is 9.84 Å². The normalized spacial score (nSPS) is 19.7. The Morgan fingerprint density at radius 2 is 1.68 bits per heavy atom. The zero-order valence-corrected chi connectivity index (χ0v) is 17.9. The molecule has 10 heteroatoms. The van der Waals surface area contributed by atoms with E-state index < -0.39 is 21.1 Å². The largest absolute Gasteiger partial charge is 0.468 e. The molecule has 0 spiro atoms. The Kier molecular flexibility index (Phi) is 4.94. The molecule has 2 aliphatic rings. The van der Waals surface area contributed by atoms with Crippen molar-refractivity contribution >= 4 is 33.1 Å². The molecule has 0 bridgehead atoms. The number of ether oxygens (including phenoxy) is 1. The van der Waals surface area contributed by atoms with Crippen LogP contribution in [0.5, 0.6) is 5.75 Å². The van der Waals surface area contributed by atoms with Gasteiger partial charge in [0, 0.05) is 37.4 Å². The highest BCUT2D eigenvalue weighted by atomic mass is 35.5. The molecule has 0 amide bonds. The summed E-state index contributed by atoms with van der Waals surface area (Å²) in [5, 5.41) is 0.470. The first kappa shape index (κ1) is 20.0. The van der Waals surface area contributed by atoms with E-state index >= 15 is 0 Å². The van der Waals surface area contributed by atoms with Crippen LogP contribution in [0.15, 0.2) is 59.8 Å². The Labute approximate surface area is 184 Å². The maximum atomic E-state index is 14.2. The van der Waals surface area contributed by atoms with E-state index in [1.54, 1.807) is 36.7 Å². The van der Waals surface area contributed by atoms with Gasteiger partial charge in [-0.1, -0.05) is 23.7 Å². The van der Waals surface area contributed by atoms with Gasteiger partial charge in [0.05, 0.1) is 17.4 Å². The zero-order chi connectivity index (χ0) is 21.6. The second-order valence-electron chi connectivity index (χ2n) is 7.32. The van der Waals surface area contributed by atoms with E-state index in [9.17, 15) is 12.8 Å². The minimum Gasteiger partial charge on any atom is -0.468 e. The number of rotatable bonds is 3. The highest BCUT2D eigenvalue weighted by Gasteiger charge is 2.42. The molecule has 7 nitrogen and oxygen atoms in total. The molecule has 0 N–H and O–H groups in total. The standard InChI is InChI=1S/C21H18ClFN4O3S/c22-14-12-24-21(25-13-14)27-9-7-26(8-10-27)17-6-5-15(23)11-16(17)20-30-18-3-1-2-4-19(18)31(20,28)29/h1-6,11-13,20H,7-10H2. The summed E-state index contributed by atoms with van der Waals surface area (Å²) in [5.74, 6) is 0.356. The van der Waals surface area contributed by atoms with Gasteiger partial charge in [-0.25, -0.2) is 22.8 Å². The highest BCUT2D eigenvalue weighted by molar-refractivity contribution is 7.92. The molecule has 5 rings (SSSR count). The van der Waals surface area contributed by atoms with Gasteiger partial charge in [0.1, 0.15) is 16.5 Å². The minimum absolute atomic E-state index is 0.125. The van der Waals surface area contributed by atoms with Crippen LogP contribution in [-0.4, -0.2) is 44.6 Å². The Balaban J connectivity index is 1.43. The van der Waals surface area contributed by atoms with E-state index in [-0.39, 0.29) is 10.6 Å². The summed E-state index contributed by atoms with van der Waals surface area (Å²) in [6, 6.07) is 10.7. The molecule has 0 saturated carbocycles. The van der Waals surface area contributed by atoms with Gasteiger partial charge in [-0.3, -0.25) is 0 Å². The van der Waals surface area contributed by atoms with Gasteiger partial charge in [0.15, 0.2) is 0 Å². The summed E-state index contributed by atoms with van der Waals surface area (Å²) >= 11 is 5.86. The van der Waals surface area contributed by atoms with Crippen LogP contribution in [0.4, 0.5) is 16.0 Å². The average Bonchev–Trinajstić information content (AvgIpc) is 3.05. The molecule has 1 aromatic heterocycles. The number of piperazine rings is 1. The third-order valence-corrected chi connectivity index (χ3v) is 7.48. The van der Waals surface area contributed by atoms with E-state index in [0.717, 1.165) is 0 Å². The molecular formula is C21H18ClFN4O3S. The first-order valence-electron chi connectivity index (χ1n) is 9.70. The predicted octanol–water partition coefficient (Wildman–Crippen LogP) is 3.46. The van der Waals surface area contributed by atoms with Crippen LogP contribution < -0.4 is 14.5 Å². The molecule has 2 aromatic carbocycles. The first-order valence-corrected chi connectivity index (χ1v) is 11.6. The third-order valence-electron chi connectivity index (χ3n) is 5.42. The van der Waals surface area contributed by atoms with Crippen molar-refractivity contribution in [3.05, 3.63) is 71.3 Å². The number of aromatic nitrogens is 2. The second kappa shape index (κ2) is 7.65. The zero-order valence-electron chi connectivity index (χ0n) is 16.3. The van der Waals surface area contributed by atoms with Crippen LogP contribution in [0, 0.1) is 5.82 Å². The predicted molar refractivity (Wildman–Crippen MR) is 115 cm³/mol. The quantitative estimate of drug-likeness (QED) is 0.592. The molecule has 0 aliphatic carbocycles. The van der Waals surface area contributed by atoms with Gasteiger partial charge >= 0.3 is 0 Å². The lowest BCUT2D eigenvalue weighted by Gasteiger charge is -2.37. The molecule has 2 aliphatic heterocycles. The van der Waals surface area contributed by atoms with Gasteiger partial charge in [0.25, 0.3) is 0 Å². The summed E-state index contributed by atoms with van der Waals surface area (Å²) in [4.78, 5) is 12.7. The van der Waals surface area contributed by atoms with E-state index in [1.807, 2.05) is 9.80 Å². The number of halogens is 2.